The van der Waals surface area contributed by atoms with Crippen molar-refractivity contribution in [2.45, 2.75) is 161 Å². The Morgan fingerprint density at radius 3 is 1.74 bits per heavy atom. The highest BCUT2D eigenvalue weighted by Gasteiger charge is 2.20. The van der Waals surface area contributed by atoms with Crippen LogP contribution in [0.1, 0.15) is 148 Å². The Morgan fingerprint density at radius 1 is 0.696 bits per heavy atom. The van der Waals surface area contributed by atoms with Crippen molar-refractivity contribution in [1.82, 2.24) is 5.32 Å². The van der Waals surface area contributed by atoms with Gasteiger partial charge in [0.15, 0.2) is 0 Å². The zero-order valence-electron chi connectivity index (χ0n) is 29.2. The first kappa shape index (κ1) is 42.0. The number of esters is 2. The van der Waals surface area contributed by atoms with Crippen molar-refractivity contribution in [2.75, 3.05) is 24.7 Å². The van der Waals surface area contributed by atoms with Gasteiger partial charge >= 0.3 is 11.9 Å². The molecule has 2 atom stereocenters. The first-order valence-corrected chi connectivity index (χ1v) is 19.6. The fraction of sp³-hybridized carbons (Fsp3) is 0.763. The Bertz CT molecular complexity index is 885. The van der Waals surface area contributed by atoms with Gasteiger partial charge in [0.25, 0.3) is 0 Å². The molecule has 0 aromatic heterocycles. The van der Waals surface area contributed by atoms with E-state index in [9.17, 15) is 14.4 Å². The lowest BCUT2D eigenvalue weighted by atomic mass is 10.1. The second-order valence-corrected chi connectivity index (χ2v) is 13.7. The number of benzene rings is 1. The Balaban J connectivity index is 2.38. The van der Waals surface area contributed by atoms with Gasteiger partial charge in [-0.1, -0.05) is 147 Å². The quantitative estimate of drug-likeness (QED) is 0.0605. The molecule has 0 radical (unpaired) electrons. The van der Waals surface area contributed by atoms with Crippen LogP contribution in [-0.4, -0.2) is 54.6 Å². The van der Waals surface area contributed by atoms with E-state index >= 15 is 0 Å². The molecule has 3 N–H and O–H groups in total. The fourth-order valence-electron chi connectivity index (χ4n) is 5.29. The summed E-state index contributed by atoms with van der Waals surface area (Å²) in [5.74, 6) is 0.0963. The maximum Gasteiger partial charge on any atom is 0.306 e. The number of amides is 1. The van der Waals surface area contributed by atoms with Crippen LogP contribution in [0.5, 0.6) is 0 Å². The van der Waals surface area contributed by atoms with Gasteiger partial charge < -0.3 is 20.5 Å². The van der Waals surface area contributed by atoms with E-state index in [0.29, 0.717) is 30.9 Å². The van der Waals surface area contributed by atoms with Crippen LogP contribution in [0.25, 0.3) is 0 Å². The molecular formula is C38H66N2O5S. The lowest BCUT2D eigenvalue weighted by molar-refractivity contribution is -0.157. The Kier molecular flexibility index (Phi) is 27.6. The van der Waals surface area contributed by atoms with Crippen molar-refractivity contribution in [1.29, 1.82) is 0 Å². The van der Waals surface area contributed by atoms with Crippen LogP contribution in [0.3, 0.4) is 0 Å². The van der Waals surface area contributed by atoms with Crippen LogP contribution < -0.4 is 11.1 Å². The maximum atomic E-state index is 12.6. The van der Waals surface area contributed by atoms with Crippen LogP contribution in [0, 0.1) is 0 Å². The van der Waals surface area contributed by atoms with E-state index in [1.165, 1.54) is 88.8 Å². The molecule has 0 spiro atoms. The summed E-state index contributed by atoms with van der Waals surface area (Å²) < 4.78 is 11.3. The molecule has 1 amide bonds. The normalized spacial score (nSPS) is 12.4. The molecule has 1 rings (SSSR count). The van der Waals surface area contributed by atoms with E-state index in [4.69, 9.17) is 15.2 Å². The number of carbonyl (C=O) groups excluding carboxylic acids is 3. The van der Waals surface area contributed by atoms with E-state index < -0.39 is 12.1 Å². The summed E-state index contributed by atoms with van der Waals surface area (Å²) in [5, 5.41) is 2.90. The third-order valence-corrected chi connectivity index (χ3v) is 9.39. The van der Waals surface area contributed by atoms with Crippen molar-refractivity contribution < 1.29 is 23.9 Å². The number of ether oxygens (including phenoxy) is 2. The number of thioether (sulfide) groups is 1. The Labute approximate surface area is 285 Å². The molecule has 1 aromatic carbocycles. The second kappa shape index (κ2) is 30.3. The van der Waals surface area contributed by atoms with Crippen LogP contribution in [0.2, 0.25) is 0 Å². The molecule has 0 fully saturated rings. The highest BCUT2D eigenvalue weighted by Crippen LogP contribution is 2.15. The monoisotopic (exact) mass is 662 g/mol. The fourth-order valence-corrected chi connectivity index (χ4v) is 6.26. The van der Waals surface area contributed by atoms with E-state index in [0.717, 1.165) is 50.5 Å². The van der Waals surface area contributed by atoms with Crippen molar-refractivity contribution in [3.05, 3.63) is 35.9 Å². The SMILES string of the molecule is CCCCCCCCCCCC(=O)OC[C@H](CSC[C@H](N)C(=O)NCCc1ccccc1)OC(=O)CCCCCCCCCCC. The first-order chi connectivity index (χ1) is 22.5. The minimum atomic E-state index is -0.673. The van der Waals surface area contributed by atoms with Crippen LogP contribution in [-0.2, 0) is 30.3 Å². The molecule has 0 bridgehead atoms. The molecule has 0 aliphatic rings. The summed E-state index contributed by atoms with van der Waals surface area (Å²) >= 11 is 1.44. The zero-order chi connectivity index (χ0) is 33.5. The standard InChI is InChI=1S/C38H66N2O5S/c1-3-5-7-9-11-13-15-17-22-26-36(41)44-30-34(45-37(42)27-23-18-16-14-12-10-8-6-4-2)31-46-32-35(39)38(43)40-29-28-33-24-20-19-21-25-33/h19-21,24-25,34-35H,3-18,22-23,26-32,39H2,1-2H3,(H,40,43)/t34-,35+/m1/s1. The largest absolute Gasteiger partial charge is 0.462 e. The molecule has 0 heterocycles. The highest BCUT2D eigenvalue weighted by atomic mass is 32.2. The highest BCUT2D eigenvalue weighted by molar-refractivity contribution is 7.99. The molecule has 0 saturated heterocycles. The number of carbonyl (C=O) groups is 3. The van der Waals surface area contributed by atoms with Gasteiger partial charge in [0.05, 0.1) is 6.04 Å². The molecule has 7 nitrogen and oxygen atoms in total. The van der Waals surface area contributed by atoms with Gasteiger partial charge in [-0.2, -0.15) is 11.8 Å². The minimum Gasteiger partial charge on any atom is -0.462 e. The van der Waals surface area contributed by atoms with Gasteiger partial charge in [0, 0.05) is 30.9 Å². The first-order valence-electron chi connectivity index (χ1n) is 18.5. The van der Waals surface area contributed by atoms with Gasteiger partial charge in [-0.25, -0.2) is 0 Å². The minimum absolute atomic E-state index is 0.0330. The summed E-state index contributed by atoms with van der Waals surface area (Å²) in [5.41, 5.74) is 7.30. The number of hydrogen-bond acceptors (Lipinski definition) is 7. The van der Waals surface area contributed by atoms with E-state index in [1.54, 1.807) is 0 Å². The molecule has 1 aromatic rings. The number of hydrogen-bond donors (Lipinski definition) is 2. The van der Waals surface area contributed by atoms with Crippen molar-refractivity contribution >= 4 is 29.6 Å². The molecule has 0 aliphatic carbocycles. The topological polar surface area (TPSA) is 108 Å². The average Bonchev–Trinajstić information content (AvgIpc) is 3.06. The summed E-state index contributed by atoms with van der Waals surface area (Å²) in [7, 11) is 0. The molecule has 8 heteroatoms. The average molecular weight is 663 g/mol. The van der Waals surface area contributed by atoms with Crippen LogP contribution >= 0.6 is 11.8 Å². The lowest BCUT2D eigenvalue weighted by Gasteiger charge is -2.19. The smallest absolute Gasteiger partial charge is 0.306 e. The van der Waals surface area contributed by atoms with E-state index in [-0.39, 0.29) is 24.5 Å². The third-order valence-electron chi connectivity index (χ3n) is 8.19. The molecular weight excluding hydrogens is 596 g/mol. The maximum absolute atomic E-state index is 12.6. The van der Waals surface area contributed by atoms with Crippen molar-refractivity contribution in [2.24, 2.45) is 5.73 Å². The lowest BCUT2D eigenvalue weighted by Crippen LogP contribution is -2.43. The zero-order valence-corrected chi connectivity index (χ0v) is 30.1. The molecule has 46 heavy (non-hydrogen) atoms. The Hall–Kier alpha value is -2.06. The second-order valence-electron chi connectivity index (χ2n) is 12.6. The molecule has 0 aliphatic heterocycles. The van der Waals surface area contributed by atoms with Crippen LogP contribution in [0.4, 0.5) is 0 Å². The van der Waals surface area contributed by atoms with Crippen LogP contribution in [0.15, 0.2) is 30.3 Å². The summed E-state index contributed by atoms with van der Waals surface area (Å²) in [4.78, 5) is 37.5. The summed E-state index contributed by atoms with van der Waals surface area (Å²) in [6.07, 6.45) is 22.3. The summed E-state index contributed by atoms with van der Waals surface area (Å²) in [6.45, 7) is 5.02. The number of unbranched alkanes of at least 4 members (excludes halogenated alkanes) is 16. The van der Waals surface area contributed by atoms with Gasteiger partial charge in [-0.15, -0.1) is 0 Å². The number of rotatable bonds is 31. The van der Waals surface area contributed by atoms with Gasteiger partial charge in [-0.3, -0.25) is 14.4 Å². The third kappa shape index (κ3) is 25.1. The predicted molar refractivity (Wildman–Crippen MR) is 193 cm³/mol. The molecule has 264 valence electrons. The molecule has 0 saturated carbocycles. The predicted octanol–water partition coefficient (Wildman–Crippen LogP) is 8.70. The van der Waals surface area contributed by atoms with E-state index in [2.05, 4.69) is 19.2 Å². The van der Waals surface area contributed by atoms with Gasteiger partial charge in [-0.05, 0) is 24.8 Å². The van der Waals surface area contributed by atoms with Crippen molar-refractivity contribution in [3.63, 3.8) is 0 Å². The van der Waals surface area contributed by atoms with E-state index in [1.807, 2.05) is 30.3 Å². The summed E-state index contributed by atoms with van der Waals surface area (Å²) in [6, 6.07) is 9.32. The van der Waals surface area contributed by atoms with Gasteiger partial charge in [0.1, 0.15) is 12.7 Å². The molecule has 0 unspecified atom stereocenters. The Morgan fingerprint density at radius 2 is 1.20 bits per heavy atom. The van der Waals surface area contributed by atoms with Gasteiger partial charge in [0.2, 0.25) is 5.91 Å². The number of nitrogens with two attached hydrogens (primary N) is 1. The van der Waals surface area contributed by atoms with Crippen molar-refractivity contribution in [3.8, 4) is 0 Å². The number of nitrogens with one attached hydrogen (secondary N) is 1.